The molecule has 0 aromatic carbocycles. The number of hydrogen-bond acceptors (Lipinski definition) is 2. The van der Waals surface area contributed by atoms with Crippen LogP contribution in [0.25, 0.3) is 0 Å². The van der Waals surface area contributed by atoms with Gasteiger partial charge in [-0.25, -0.2) is 0 Å². The third-order valence-corrected chi connectivity index (χ3v) is 3.76. The van der Waals surface area contributed by atoms with Crippen molar-refractivity contribution in [2.75, 3.05) is 6.61 Å². The Morgan fingerprint density at radius 1 is 0.875 bits per heavy atom. The van der Waals surface area contributed by atoms with E-state index in [1.54, 1.807) is 0 Å². The highest BCUT2D eigenvalue weighted by atomic mass is 16.3. The van der Waals surface area contributed by atoms with Gasteiger partial charge in [0.2, 0.25) is 5.91 Å². The summed E-state index contributed by atoms with van der Waals surface area (Å²) in [5.41, 5.74) is 5.10. The number of unbranched alkanes of at least 4 members (excludes halogenated alkanes) is 5. The van der Waals surface area contributed by atoms with Crippen molar-refractivity contribution in [2.45, 2.75) is 64.7 Å². The zero-order valence-corrected chi connectivity index (χ0v) is 15.2. The van der Waals surface area contributed by atoms with Crippen molar-refractivity contribution in [2.24, 2.45) is 11.7 Å². The molecule has 0 aromatic rings. The van der Waals surface area contributed by atoms with E-state index in [2.05, 4.69) is 31.2 Å². The van der Waals surface area contributed by atoms with Gasteiger partial charge < -0.3 is 10.8 Å². The first-order chi connectivity index (χ1) is 11.7. The first kappa shape index (κ1) is 22.4. The van der Waals surface area contributed by atoms with Gasteiger partial charge in [0.05, 0.1) is 0 Å². The minimum atomic E-state index is -0.189. The molecule has 0 bridgehead atoms. The number of aliphatic hydroxyl groups excluding tert-OH is 1. The van der Waals surface area contributed by atoms with Crippen LogP contribution in [0.15, 0.2) is 48.6 Å². The van der Waals surface area contributed by atoms with Crippen LogP contribution in [-0.4, -0.2) is 17.6 Å². The Hall–Kier alpha value is -1.61. The van der Waals surface area contributed by atoms with Crippen LogP contribution in [0.5, 0.6) is 0 Å². The maximum absolute atomic E-state index is 10.6. The molecule has 3 N–H and O–H groups in total. The summed E-state index contributed by atoms with van der Waals surface area (Å²) in [6, 6.07) is 0. The fourth-order valence-electron chi connectivity index (χ4n) is 2.17. The second-order valence-corrected chi connectivity index (χ2v) is 6.26. The Kier molecular flexibility index (Phi) is 16.5. The molecule has 24 heavy (non-hydrogen) atoms. The lowest BCUT2D eigenvalue weighted by molar-refractivity contribution is -0.118. The summed E-state index contributed by atoms with van der Waals surface area (Å²) in [7, 11) is 0. The topological polar surface area (TPSA) is 63.3 Å². The second-order valence-electron chi connectivity index (χ2n) is 6.26. The highest BCUT2D eigenvalue weighted by Gasteiger charge is 1.95. The van der Waals surface area contributed by atoms with Gasteiger partial charge >= 0.3 is 0 Å². The molecule has 3 heteroatoms. The molecule has 0 radical (unpaired) electrons. The van der Waals surface area contributed by atoms with E-state index < -0.39 is 0 Å². The van der Waals surface area contributed by atoms with Gasteiger partial charge in [0.1, 0.15) is 0 Å². The molecule has 0 aromatic heterocycles. The molecule has 0 fully saturated rings. The van der Waals surface area contributed by atoms with E-state index in [4.69, 9.17) is 10.8 Å². The van der Waals surface area contributed by atoms with Crippen LogP contribution in [0.1, 0.15) is 64.7 Å². The van der Waals surface area contributed by atoms with E-state index in [0.29, 0.717) is 12.3 Å². The second kappa shape index (κ2) is 17.7. The minimum Gasteiger partial charge on any atom is -0.396 e. The summed E-state index contributed by atoms with van der Waals surface area (Å²) >= 11 is 0. The predicted octanol–water partition coefficient (Wildman–Crippen LogP) is 4.84. The average molecular weight is 334 g/mol. The Morgan fingerprint density at radius 3 is 2.04 bits per heavy atom. The number of nitrogens with two attached hydrogens (primary N) is 1. The van der Waals surface area contributed by atoms with Gasteiger partial charge in [0.25, 0.3) is 0 Å². The van der Waals surface area contributed by atoms with Crippen molar-refractivity contribution in [3.05, 3.63) is 48.6 Å². The molecule has 136 valence electrons. The zero-order valence-electron chi connectivity index (χ0n) is 15.2. The lowest BCUT2D eigenvalue weighted by atomic mass is 10.1. The van der Waals surface area contributed by atoms with Gasteiger partial charge in [-0.05, 0) is 38.0 Å². The summed E-state index contributed by atoms with van der Waals surface area (Å²) < 4.78 is 0. The summed E-state index contributed by atoms with van der Waals surface area (Å²) in [4.78, 5) is 10.6. The van der Waals surface area contributed by atoms with Crippen molar-refractivity contribution in [3.63, 3.8) is 0 Å². The van der Waals surface area contributed by atoms with Crippen LogP contribution in [0.2, 0.25) is 0 Å². The fourth-order valence-corrected chi connectivity index (χ4v) is 2.17. The summed E-state index contributed by atoms with van der Waals surface area (Å²) in [5, 5.41) is 8.91. The summed E-state index contributed by atoms with van der Waals surface area (Å²) in [6.45, 7) is 2.33. The Morgan fingerprint density at radius 2 is 1.42 bits per heavy atom. The van der Waals surface area contributed by atoms with Crippen molar-refractivity contribution < 1.29 is 9.90 Å². The molecule has 0 heterocycles. The molecule has 0 spiro atoms. The third-order valence-electron chi connectivity index (χ3n) is 3.76. The Balaban J connectivity index is 3.46. The van der Waals surface area contributed by atoms with E-state index in [0.717, 1.165) is 32.1 Å². The summed E-state index contributed by atoms with van der Waals surface area (Å²) in [5.74, 6) is 0.198. The number of rotatable bonds is 15. The first-order valence-corrected chi connectivity index (χ1v) is 9.21. The quantitative estimate of drug-likeness (QED) is 0.333. The van der Waals surface area contributed by atoms with Gasteiger partial charge in [-0.1, -0.05) is 74.8 Å². The molecule has 0 aliphatic carbocycles. The Bertz CT molecular complexity index is 408. The molecular formula is C21H35NO2. The standard InChI is InChI=1S/C21H35NO2/c1-20(19-23)17-15-13-11-9-7-5-3-2-4-6-8-10-12-14-16-18-21(22)24/h2-5,7,9,11,13,20,23H,6,8,10,12,14-19H2,1H3,(H2,22,24)/b4-2+,5-3+,9-7+,13-11+. The minimum absolute atomic E-state index is 0.189. The number of hydrogen-bond donors (Lipinski definition) is 2. The summed E-state index contributed by atoms with van der Waals surface area (Å²) in [6.07, 6.45) is 25.9. The molecule has 1 unspecified atom stereocenters. The lowest BCUT2D eigenvalue weighted by Crippen LogP contribution is -2.09. The predicted molar refractivity (Wildman–Crippen MR) is 104 cm³/mol. The van der Waals surface area contributed by atoms with Crippen LogP contribution in [-0.2, 0) is 4.79 Å². The van der Waals surface area contributed by atoms with E-state index in [9.17, 15) is 4.79 Å². The number of carbonyl (C=O) groups excluding carboxylic acids is 1. The van der Waals surface area contributed by atoms with Crippen LogP contribution in [0.4, 0.5) is 0 Å². The molecule has 0 rings (SSSR count). The number of carbonyl (C=O) groups is 1. The van der Waals surface area contributed by atoms with Gasteiger partial charge in [-0.2, -0.15) is 0 Å². The van der Waals surface area contributed by atoms with Crippen molar-refractivity contribution in [1.29, 1.82) is 0 Å². The van der Waals surface area contributed by atoms with Crippen LogP contribution in [0, 0.1) is 5.92 Å². The molecular weight excluding hydrogens is 298 g/mol. The van der Waals surface area contributed by atoms with E-state index in [-0.39, 0.29) is 12.5 Å². The average Bonchev–Trinajstić information content (AvgIpc) is 2.57. The molecule has 3 nitrogen and oxygen atoms in total. The number of amides is 1. The number of aliphatic hydroxyl groups is 1. The Labute approximate surface area is 148 Å². The smallest absolute Gasteiger partial charge is 0.217 e. The molecule has 1 amide bonds. The molecule has 0 aliphatic rings. The highest BCUT2D eigenvalue weighted by molar-refractivity contribution is 5.73. The molecule has 0 aliphatic heterocycles. The number of allylic oxidation sites excluding steroid dienone is 8. The maximum Gasteiger partial charge on any atom is 0.217 e. The van der Waals surface area contributed by atoms with E-state index in [1.165, 1.54) is 19.3 Å². The third kappa shape index (κ3) is 18.4. The first-order valence-electron chi connectivity index (χ1n) is 9.21. The molecule has 0 saturated heterocycles. The van der Waals surface area contributed by atoms with Crippen LogP contribution < -0.4 is 5.73 Å². The normalized spacial score (nSPS) is 13.8. The van der Waals surface area contributed by atoms with Gasteiger partial charge in [0.15, 0.2) is 0 Å². The lowest BCUT2D eigenvalue weighted by Gasteiger charge is -2.02. The SMILES string of the molecule is CC(CO)CC/C=C/C=C/C=C/C=C/CCCCCCCC(N)=O. The molecule has 1 atom stereocenters. The van der Waals surface area contributed by atoms with Crippen LogP contribution >= 0.6 is 0 Å². The van der Waals surface area contributed by atoms with Crippen LogP contribution in [0.3, 0.4) is 0 Å². The zero-order chi connectivity index (χ0) is 17.9. The van der Waals surface area contributed by atoms with E-state index >= 15 is 0 Å². The van der Waals surface area contributed by atoms with Gasteiger partial charge in [-0.3, -0.25) is 4.79 Å². The van der Waals surface area contributed by atoms with Gasteiger partial charge in [0, 0.05) is 13.0 Å². The van der Waals surface area contributed by atoms with E-state index in [1.807, 2.05) is 24.3 Å². The fraction of sp³-hybridized carbons (Fsp3) is 0.571. The monoisotopic (exact) mass is 333 g/mol. The largest absolute Gasteiger partial charge is 0.396 e. The van der Waals surface area contributed by atoms with Crippen molar-refractivity contribution >= 4 is 5.91 Å². The van der Waals surface area contributed by atoms with Crippen molar-refractivity contribution in [3.8, 4) is 0 Å². The van der Waals surface area contributed by atoms with Crippen molar-refractivity contribution in [1.82, 2.24) is 0 Å². The van der Waals surface area contributed by atoms with Gasteiger partial charge in [-0.15, -0.1) is 0 Å². The molecule has 0 saturated carbocycles. The number of primary amides is 1. The highest BCUT2D eigenvalue weighted by Crippen LogP contribution is 2.07. The maximum atomic E-state index is 10.6.